The highest BCUT2D eigenvalue weighted by Crippen LogP contribution is 2.18. The quantitative estimate of drug-likeness (QED) is 0.907. The number of likely N-dealkylation sites (tertiary alicyclic amines) is 1. The van der Waals surface area contributed by atoms with E-state index < -0.39 is 10.0 Å². The van der Waals surface area contributed by atoms with E-state index >= 15 is 0 Å². The van der Waals surface area contributed by atoms with Crippen LogP contribution in [0.4, 0.5) is 4.79 Å². The van der Waals surface area contributed by atoms with E-state index in [1.807, 2.05) is 17.9 Å². The number of rotatable bonds is 4. The average Bonchev–Trinajstić information content (AvgIpc) is 2.53. The van der Waals surface area contributed by atoms with Gasteiger partial charge in [-0.15, -0.1) is 0 Å². The zero-order valence-electron chi connectivity index (χ0n) is 13.9. The second-order valence-corrected chi connectivity index (χ2v) is 8.04. The van der Waals surface area contributed by atoms with Crippen molar-refractivity contribution < 1.29 is 13.2 Å². The summed E-state index contributed by atoms with van der Waals surface area (Å²) in [5.41, 5.74) is 0.920. The maximum atomic E-state index is 12.3. The highest BCUT2D eigenvalue weighted by atomic mass is 32.2. The van der Waals surface area contributed by atoms with E-state index in [4.69, 9.17) is 0 Å². The highest BCUT2D eigenvalue weighted by molar-refractivity contribution is 7.89. The van der Waals surface area contributed by atoms with E-state index in [9.17, 15) is 13.2 Å². The van der Waals surface area contributed by atoms with Crippen LogP contribution in [0.3, 0.4) is 0 Å². The molecule has 1 aliphatic rings. The van der Waals surface area contributed by atoms with Crippen LogP contribution in [-0.2, 0) is 10.0 Å². The van der Waals surface area contributed by atoms with Gasteiger partial charge in [0.05, 0.1) is 4.90 Å². The summed E-state index contributed by atoms with van der Waals surface area (Å²) in [4.78, 5) is 15.6. The van der Waals surface area contributed by atoms with Gasteiger partial charge < -0.3 is 9.80 Å². The molecule has 6 nitrogen and oxygen atoms in total. The minimum absolute atomic E-state index is 0.0174. The maximum absolute atomic E-state index is 12.3. The summed E-state index contributed by atoms with van der Waals surface area (Å²) >= 11 is 0. The fourth-order valence-electron chi connectivity index (χ4n) is 2.70. The number of nitrogens with one attached hydrogen (secondary N) is 1. The Morgan fingerprint density at radius 2 is 1.96 bits per heavy atom. The molecule has 1 aliphatic heterocycles. The lowest BCUT2D eigenvalue weighted by atomic mass is 9.97. The lowest BCUT2D eigenvalue weighted by Gasteiger charge is -2.33. The normalized spacial score (nSPS) is 16.4. The standard InChI is InChI=1S/C16H25N3O3S/c1-13-5-4-6-15(11-13)23(21,22)17-12-14-7-9-19(10-8-14)16(20)18(2)3/h4-6,11,14,17H,7-10,12H2,1-3H3. The number of piperidine rings is 1. The second kappa shape index (κ2) is 7.31. The molecule has 0 aliphatic carbocycles. The molecule has 1 fully saturated rings. The number of amides is 2. The van der Waals surface area contributed by atoms with E-state index in [0.717, 1.165) is 18.4 Å². The van der Waals surface area contributed by atoms with Gasteiger partial charge in [-0.3, -0.25) is 0 Å². The van der Waals surface area contributed by atoms with Gasteiger partial charge in [-0.25, -0.2) is 17.9 Å². The molecular weight excluding hydrogens is 314 g/mol. The van der Waals surface area contributed by atoms with Crippen LogP contribution in [0.25, 0.3) is 0 Å². The molecular formula is C16H25N3O3S. The first-order chi connectivity index (χ1) is 10.8. The smallest absolute Gasteiger partial charge is 0.319 e. The molecule has 0 spiro atoms. The van der Waals surface area contributed by atoms with Gasteiger partial charge in [-0.05, 0) is 43.4 Å². The zero-order valence-corrected chi connectivity index (χ0v) is 14.8. The second-order valence-electron chi connectivity index (χ2n) is 6.28. The molecule has 1 N–H and O–H groups in total. The van der Waals surface area contributed by atoms with Crippen LogP contribution >= 0.6 is 0 Å². The summed E-state index contributed by atoms with van der Waals surface area (Å²) in [5.74, 6) is 0.265. The van der Waals surface area contributed by atoms with Crippen LogP contribution in [-0.4, -0.2) is 58.0 Å². The number of carbonyl (C=O) groups is 1. The molecule has 0 aromatic heterocycles. The van der Waals surface area contributed by atoms with Gasteiger partial charge >= 0.3 is 6.03 Å². The molecule has 1 heterocycles. The fourth-order valence-corrected chi connectivity index (χ4v) is 3.93. The van der Waals surface area contributed by atoms with Crippen LogP contribution in [0.15, 0.2) is 29.2 Å². The molecule has 128 valence electrons. The maximum Gasteiger partial charge on any atom is 0.319 e. The third-order valence-corrected chi connectivity index (χ3v) is 5.55. The number of hydrogen-bond donors (Lipinski definition) is 1. The third-order valence-electron chi connectivity index (χ3n) is 4.13. The Bertz CT molecular complexity index is 650. The van der Waals surface area contributed by atoms with Gasteiger partial charge in [0.1, 0.15) is 0 Å². The topological polar surface area (TPSA) is 69.7 Å². The van der Waals surface area contributed by atoms with Crippen molar-refractivity contribution in [2.45, 2.75) is 24.7 Å². The van der Waals surface area contributed by atoms with Crippen LogP contribution < -0.4 is 4.72 Å². The highest BCUT2D eigenvalue weighted by Gasteiger charge is 2.25. The molecule has 2 rings (SSSR count). The molecule has 0 unspecified atom stereocenters. The van der Waals surface area contributed by atoms with E-state index in [-0.39, 0.29) is 11.9 Å². The number of benzene rings is 1. The molecule has 2 amide bonds. The Balaban J connectivity index is 1.87. The fraction of sp³-hybridized carbons (Fsp3) is 0.562. The SMILES string of the molecule is Cc1cccc(S(=O)(=O)NCC2CCN(C(=O)N(C)C)CC2)c1. The Morgan fingerprint density at radius 1 is 1.30 bits per heavy atom. The van der Waals surface area contributed by atoms with E-state index in [2.05, 4.69) is 4.72 Å². The third kappa shape index (κ3) is 4.68. The van der Waals surface area contributed by atoms with Crippen LogP contribution in [0.2, 0.25) is 0 Å². The summed E-state index contributed by atoms with van der Waals surface area (Å²) < 4.78 is 27.3. The Morgan fingerprint density at radius 3 is 2.52 bits per heavy atom. The summed E-state index contributed by atoms with van der Waals surface area (Å²) in [6.07, 6.45) is 1.63. The van der Waals surface area contributed by atoms with E-state index in [1.54, 1.807) is 37.2 Å². The van der Waals surface area contributed by atoms with Crippen molar-refractivity contribution in [1.29, 1.82) is 0 Å². The van der Waals surface area contributed by atoms with Gasteiger partial charge in [-0.2, -0.15) is 0 Å². The average molecular weight is 339 g/mol. The number of nitrogens with zero attached hydrogens (tertiary/aromatic N) is 2. The lowest BCUT2D eigenvalue weighted by Crippen LogP contribution is -2.45. The molecule has 0 radical (unpaired) electrons. The van der Waals surface area contributed by atoms with Crippen molar-refractivity contribution in [3.05, 3.63) is 29.8 Å². The van der Waals surface area contributed by atoms with Gasteiger partial charge in [0.2, 0.25) is 10.0 Å². The van der Waals surface area contributed by atoms with Crippen molar-refractivity contribution in [2.75, 3.05) is 33.7 Å². The molecule has 0 bridgehead atoms. The van der Waals surface area contributed by atoms with Crippen molar-refractivity contribution in [2.24, 2.45) is 5.92 Å². The summed E-state index contributed by atoms with van der Waals surface area (Å²) in [6.45, 7) is 3.64. The molecule has 1 aromatic rings. The minimum Gasteiger partial charge on any atom is -0.331 e. The Labute approximate surface area is 138 Å². The van der Waals surface area contributed by atoms with E-state index in [1.165, 1.54) is 0 Å². The Hall–Kier alpha value is -1.60. The van der Waals surface area contributed by atoms with E-state index in [0.29, 0.717) is 24.5 Å². The predicted molar refractivity (Wildman–Crippen MR) is 89.7 cm³/mol. The molecule has 1 saturated heterocycles. The van der Waals surface area contributed by atoms with Gasteiger partial charge in [0.15, 0.2) is 0 Å². The first kappa shape index (κ1) is 17.7. The molecule has 0 saturated carbocycles. The number of aryl methyl sites for hydroxylation is 1. The van der Waals surface area contributed by atoms with Crippen molar-refractivity contribution in [3.8, 4) is 0 Å². The largest absolute Gasteiger partial charge is 0.331 e. The van der Waals surface area contributed by atoms with Crippen LogP contribution in [0.5, 0.6) is 0 Å². The first-order valence-electron chi connectivity index (χ1n) is 7.82. The first-order valence-corrected chi connectivity index (χ1v) is 9.30. The van der Waals surface area contributed by atoms with Crippen LogP contribution in [0, 0.1) is 12.8 Å². The molecule has 0 atom stereocenters. The summed E-state index contributed by atoms with van der Waals surface area (Å²) in [7, 11) is 0.0167. The van der Waals surface area contributed by atoms with Crippen LogP contribution in [0.1, 0.15) is 18.4 Å². The van der Waals surface area contributed by atoms with Crippen molar-refractivity contribution in [3.63, 3.8) is 0 Å². The summed E-state index contributed by atoms with van der Waals surface area (Å²) in [6, 6.07) is 6.91. The zero-order chi connectivity index (χ0) is 17.0. The van der Waals surface area contributed by atoms with Gasteiger partial charge in [0.25, 0.3) is 0 Å². The lowest BCUT2D eigenvalue weighted by molar-refractivity contribution is 0.148. The predicted octanol–water partition coefficient (Wildman–Crippen LogP) is 1.67. The number of sulfonamides is 1. The Kier molecular flexibility index (Phi) is 5.64. The minimum atomic E-state index is -3.46. The number of hydrogen-bond acceptors (Lipinski definition) is 3. The molecule has 7 heteroatoms. The van der Waals surface area contributed by atoms with Crippen molar-refractivity contribution in [1.82, 2.24) is 14.5 Å². The number of urea groups is 1. The van der Waals surface area contributed by atoms with Gasteiger partial charge in [0, 0.05) is 33.7 Å². The van der Waals surface area contributed by atoms with Crippen molar-refractivity contribution >= 4 is 16.1 Å². The molecule has 1 aromatic carbocycles. The van der Waals surface area contributed by atoms with Gasteiger partial charge in [-0.1, -0.05) is 12.1 Å². The number of carbonyl (C=O) groups excluding carboxylic acids is 1. The monoisotopic (exact) mass is 339 g/mol. The molecule has 23 heavy (non-hydrogen) atoms. The summed E-state index contributed by atoms with van der Waals surface area (Å²) in [5, 5.41) is 0.